The van der Waals surface area contributed by atoms with E-state index < -0.39 is 5.97 Å². The minimum absolute atomic E-state index is 0.165. The Morgan fingerprint density at radius 1 is 1.03 bits per heavy atom. The molecule has 3 aromatic rings. The second-order valence-corrected chi connectivity index (χ2v) is 7.11. The van der Waals surface area contributed by atoms with Crippen LogP contribution in [0.1, 0.15) is 39.3 Å². The third-order valence-electron chi connectivity index (χ3n) is 5.10. The summed E-state index contributed by atoms with van der Waals surface area (Å²) >= 11 is 0. The number of aromatic nitrogens is 2. The third-order valence-corrected chi connectivity index (χ3v) is 5.10. The Labute approximate surface area is 181 Å². The lowest BCUT2D eigenvalue weighted by molar-refractivity contribution is -0.140. The first-order chi connectivity index (χ1) is 14.9. The normalized spacial score (nSPS) is 10.6. The molecule has 0 aliphatic carbocycles. The molecular formula is C24H26N2O5. The lowest BCUT2D eigenvalue weighted by Crippen LogP contribution is -2.06. The highest BCUT2D eigenvalue weighted by atomic mass is 16.5. The molecular weight excluding hydrogens is 396 g/mol. The molecule has 0 saturated carbocycles. The van der Waals surface area contributed by atoms with E-state index in [0.29, 0.717) is 24.2 Å². The average Bonchev–Trinajstić information content (AvgIpc) is 3.09. The van der Waals surface area contributed by atoms with Crippen molar-refractivity contribution in [2.24, 2.45) is 0 Å². The van der Waals surface area contributed by atoms with E-state index in [1.807, 2.05) is 54.9 Å². The number of benzene rings is 2. The average molecular weight is 422 g/mol. The van der Waals surface area contributed by atoms with Crippen molar-refractivity contribution in [3.05, 3.63) is 76.6 Å². The van der Waals surface area contributed by atoms with E-state index in [9.17, 15) is 9.59 Å². The van der Waals surface area contributed by atoms with Crippen molar-refractivity contribution in [2.75, 3.05) is 14.2 Å². The Bertz CT molecular complexity index is 1070. The molecule has 0 amide bonds. The smallest absolute Gasteiger partial charge is 0.338 e. The van der Waals surface area contributed by atoms with E-state index in [-0.39, 0.29) is 12.6 Å². The zero-order chi connectivity index (χ0) is 22.4. The van der Waals surface area contributed by atoms with Gasteiger partial charge in [-0.3, -0.25) is 4.79 Å². The number of carbonyl (C=O) groups is 2. The molecule has 2 aromatic carbocycles. The SMILES string of the molecule is COC(=O)CCc1c(C)nn(-c2ccc(C(=O)OCc3cccc(OC)c3)cc2)c1C. The summed E-state index contributed by atoms with van der Waals surface area (Å²) in [6, 6.07) is 14.5. The largest absolute Gasteiger partial charge is 0.497 e. The highest BCUT2D eigenvalue weighted by Gasteiger charge is 2.15. The molecule has 0 unspecified atom stereocenters. The maximum absolute atomic E-state index is 12.4. The number of ether oxygens (including phenoxy) is 3. The Balaban J connectivity index is 1.68. The topological polar surface area (TPSA) is 79.7 Å². The van der Waals surface area contributed by atoms with Crippen LogP contribution in [0.5, 0.6) is 5.75 Å². The number of methoxy groups -OCH3 is 2. The van der Waals surface area contributed by atoms with Crippen molar-refractivity contribution in [2.45, 2.75) is 33.3 Å². The quantitative estimate of drug-likeness (QED) is 0.511. The van der Waals surface area contributed by atoms with Crippen molar-refractivity contribution in [3.8, 4) is 11.4 Å². The molecule has 31 heavy (non-hydrogen) atoms. The van der Waals surface area contributed by atoms with Crippen molar-refractivity contribution in [1.82, 2.24) is 9.78 Å². The van der Waals surface area contributed by atoms with Gasteiger partial charge in [0.05, 0.1) is 31.2 Å². The van der Waals surface area contributed by atoms with Crippen molar-refractivity contribution < 1.29 is 23.8 Å². The monoisotopic (exact) mass is 422 g/mol. The van der Waals surface area contributed by atoms with E-state index in [1.54, 1.807) is 19.2 Å². The van der Waals surface area contributed by atoms with Crippen LogP contribution in [0.3, 0.4) is 0 Å². The van der Waals surface area contributed by atoms with Crippen LogP contribution in [-0.2, 0) is 27.3 Å². The Kier molecular flexibility index (Phi) is 7.07. The number of nitrogens with zero attached hydrogens (tertiary/aromatic N) is 2. The molecule has 0 aliphatic rings. The summed E-state index contributed by atoms with van der Waals surface area (Å²) in [6.45, 7) is 4.04. The van der Waals surface area contributed by atoms with Gasteiger partial charge in [-0.25, -0.2) is 9.48 Å². The molecule has 0 atom stereocenters. The minimum Gasteiger partial charge on any atom is -0.497 e. The van der Waals surface area contributed by atoms with Crippen LogP contribution in [0.25, 0.3) is 5.69 Å². The van der Waals surface area contributed by atoms with Crippen LogP contribution >= 0.6 is 0 Å². The van der Waals surface area contributed by atoms with E-state index in [1.165, 1.54) is 7.11 Å². The summed E-state index contributed by atoms with van der Waals surface area (Å²) in [4.78, 5) is 23.9. The minimum atomic E-state index is -0.401. The number of hydrogen-bond donors (Lipinski definition) is 0. The summed E-state index contributed by atoms with van der Waals surface area (Å²) in [7, 11) is 2.98. The summed E-state index contributed by atoms with van der Waals surface area (Å²) in [5.41, 5.74) is 4.98. The second-order valence-electron chi connectivity index (χ2n) is 7.11. The van der Waals surface area contributed by atoms with E-state index >= 15 is 0 Å². The van der Waals surface area contributed by atoms with Gasteiger partial charge in [-0.1, -0.05) is 12.1 Å². The standard InChI is InChI=1S/C24H26N2O5/c1-16-22(12-13-23(27)30-4)17(2)26(25-16)20-10-8-19(9-11-20)24(28)31-15-18-6-5-7-21(14-18)29-3/h5-11,14H,12-13,15H2,1-4H3. The van der Waals surface area contributed by atoms with Crippen LogP contribution < -0.4 is 4.74 Å². The lowest BCUT2D eigenvalue weighted by atomic mass is 10.1. The molecule has 7 heteroatoms. The number of rotatable bonds is 8. The first kappa shape index (κ1) is 22.1. The van der Waals surface area contributed by atoms with Crippen LogP contribution in [0.4, 0.5) is 0 Å². The molecule has 0 saturated heterocycles. The molecule has 0 aliphatic heterocycles. The molecule has 3 rings (SSSR count). The third kappa shape index (κ3) is 5.31. The number of aryl methyl sites for hydroxylation is 1. The van der Waals surface area contributed by atoms with Gasteiger partial charge in [0, 0.05) is 12.1 Å². The van der Waals surface area contributed by atoms with Crippen molar-refractivity contribution in [3.63, 3.8) is 0 Å². The fraction of sp³-hybridized carbons (Fsp3) is 0.292. The summed E-state index contributed by atoms with van der Waals surface area (Å²) < 4.78 is 17.1. The van der Waals surface area contributed by atoms with E-state index in [0.717, 1.165) is 28.2 Å². The maximum Gasteiger partial charge on any atom is 0.338 e. The first-order valence-corrected chi connectivity index (χ1v) is 9.95. The fourth-order valence-corrected chi connectivity index (χ4v) is 3.35. The second kappa shape index (κ2) is 9.93. The Morgan fingerprint density at radius 3 is 2.45 bits per heavy atom. The van der Waals surface area contributed by atoms with Gasteiger partial charge >= 0.3 is 11.9 Å². The van der Waals surface area contributed by atoms with Gasteiger partial charge in [0.15, 0.2) is 0 Å². The molecule has 1 aromatic heterocycles. The van der Waals surface area contributed by atoms with Crippen LogP contribution in [-0.4, -0.2) is 35.9 Å². The highest BCUT2D eigenvalue weighted by molar-refractivity contribution is 5.89. The predicted molar refractivity (Wildman–Crippen MR) is 115 cm³/mol. The van der Waals surface area contributed by atoms with Gasteiger partial charge in [-0.05, 0) is 67.8 Å². The molecule has 1 heterocycles. The Hall–Kier alpha value is -3.61. The van der Waals surface area contributed by atoms with Crippen LogP contribution in [0.2, 0.25) is 0 Å². The molecule has 0 radical (unpaired) electrons. The fourth-order valence-electron chi connectivity index (χ4n) is 3.35. The van der Waals surface area contributed by atoms with Crippen molar-refractivity contribution >= 4 is 11.9 Å². The van der Waals surface area contributed by atoms with Crippen LogP contribution in [0, 0.1) is 13.8 Å². The van der Waals surface area contributed by atoms with Gasteiger partial charge in [0.25, 0.3) is 0 Å². The molecule has 7 nitrogen and oxygen atoms in total. The van der Waals surface area contributed by atoms with Gasteiger partial charge < -0.3 is 14.2 Å². The van der Waals surface area contributed by atoms with Gasteiger partial charge in [-0.15, -0.1) is 0 Å². The molecule has 162 valence electrons. The maximum atomic E-state index is 12.4. The van der Waals surface area contributed by atoms with E-state index in [2.05, 4.69) is 5.10 Å². The molecule has 0 N–H and O–H groups in total. The molecule has 0 fully saturated rings. The summed E-state index contributed by atoms with van der Waals surface area (Å²) in [6.07, 6.45) is 0.876. The first-order valence-electron chi connectivity index (χ1n) is 9.95. The molecule has 0 spiro atoms. The molecule has 0 bridgehead atoms. The van der Waals surface area contributed by atoms with Gasteiger partial charge in [0.1, 0.15) is 12.4 Å². The zero-order valence-corrected chi connectivity index (χ0v) is 18.2. The van der Waals surface area contributed by atoms with Crippen LogP contribution in [0.15, 0.2) is 48.5 Å². The Morgan fingerprint density at radius 2 is 1.77 bits per heavy atom. The summed E-state index contributed by atoms with van der Waals surface area (Å²) in [5, 5.41) is 4.59. The van der Waals surface area contributed by atoms with Gasteiger partial charge in [0.2, 0.25) is 0 Å². The van der Waals surface area contributed by atoms with Crippen molar-refractivity contribution in [1.29, 1.82) is 0 Å². The zero-order valence-electron chi connectivity index (χ0n) is 18.2. The highest BCUT2D eigenvalue weighted by Crippen LogP contribution is 2.20. The lowest BCUT2D eigenvalue weighted by Gasteiger charge is -2.08. The predicted octanol–water partition coefficient (Wildman–Crippen LogP) is 3.96. The van der Waals surface area contributed by atoms with Gasteiger partial charge in [-0.2, -0.15) is 5.10 Å². The number of hydrogen-bond acceptors (Lipinski definition) is 6. The summed E-state index contributed by atoms with van der Waals surface area (Å²) in [5.74, 6) is 0.0682. The van der Waals surface area contributed by atoms with E-state index in [4.69, 9.17) is 14.2 Å². The number of carbonyl (C=O) groups excluding carboxylic acids is 2. The number of esters is 2.